The molecule has 0 unspecified atom stereocenters. The minimum absolute atomic E-state index is 0.356. The number of hydrogen-bond acceptors (Lipinski definition) is 5. The van der Waals surface area contributed by atoms with Crippen LogP contribution in [0.15, 0.2) is 6.07 Å². The number of nitrogens with two attached hydrogens (primary N) is 1. The van der Waals surface area contributed by atoms with Gasteiger partial charge in [0.25, 0.3) is 0 Å². The molecule has 0 spiro atoms. The number of ether oxygens (including phenoxy) is 1. The van der Waals surface area contributed by atoms with E-state index in [4.69, 9.17) is 10.5 Å². The average Bonchev–Trinajstić information content (AvgIpc) is 2.70. The molecule has 6 heteroatoms. The second-order valence-electron chi connectivity index (χ2n) is 4.62. The molecule has 0 atom stereocenters. The number of hydrogen-bond donors (Lipinski definition) is 1. The maximum atomic E-state index is 5.85. The molecule has 0 bridgehead atoms. The molecule has 2 heterocycles. The van der Waals surface area contributed by atoms with Crippen molar-refractivity contribution < 1.29 is 4.74 Å². The molecule has 0 radical (unpaired) electrons. The SMILES string of the molecule is CCOCc1nc(N)cc(-n2nc(C)c(CC)c2C)n1. The van der Waals surface area contributed by atoms with E-state index in [1.165, 1.54) is 5.56 Å². The maximum absolute atomic E-state index is 5.85. The zero-order valence-corrected chi connectivity index (χ0v) is 12.5. The summed E-state index contributed by atoms with van der Waals surface area (Å²) in [5.74, 6) is 1.69. The quantitative estimate of drug-likeness (QED) is 0.902. The molecule has 0 aliphatic rings. The third-order valence-corrected chi connectivity index (χ3v) is 3.23. The van der Waals surface area contributed by atoms with Gasteiger partial charge in [-0.15, -0.1) is 0 Å². The Kier molecular flexibility index (Phi) is 4.34. The Bertz CT molecular complexity index is 606. The van der Waals surface area contributed by atoms with Crippen LogP contribution in [-0.4, -0.2) is 26.4 Å². The van der Waals surface area contributed by atoms with Gasteiger partial charge in [-0.05, 0) is 32.8 Å². The van der Waals surface area contributed by atoms with Gasteiger partial charge in [-0.25, -0.2) is 14.6 Å². The molecule has 2 N–H and O–H groups in total. The van der Waals surface area contributed by atoms with Gasteiger partial charge in [0.1, 0.15) is 12.4 Å². The zero-order chi connectivity index (χ0) is 14.7. The van der Waals surface area contributed by atoms with Gasteiger partial charge in [0.05, 0.1) is 5.69 Å². The van der Waals surface area contributed by atoms with Gasteiger partial charge in [-0.2, -0.15) is 5.10 Å². The molecule has 108 valence electrons. The molecular weight excluding hydrogens is 254 g/mol. The van der Waals surface area contributed by atoms with Crippen LogP contribution < -0.4 is 5.73 Å². The second kappa shape index (κ2) is 6.00. The summed E-state index contributed by atoms with van der Waals surface area (Å²) in [6.07, 6.45) is 0.948. The Morgan fingerprint density at radius 1 is 1.25 bits per heavy atom. The Hall–Kier alpha value is -1.95. The Balaban J connectivity index is 2.44. The average molecular weight is 275 g/mol. The molecule has 0 saturated carbocycles. The second-order valence-corrected chi connectivity index (χ2v) is 4.62. The summed E-state index contributed by atoms with van der Waals surface area (Å²) < 4.78 is 7.16. The number of rotatable bonds is 5. The van der Waals surface area contributed by atoms with Crippen LogP contribution in [0.2, 0.25) is 0 Å². The van der Waals surface area contributed by atoms with Crippen LogP contribution in [0.1, 0.15) is 36.6 Å². The fourth-order valence-electron chi connectivity index (χ4n) is 2.28. The van der Waals surface area contributed by atoms with Gasteiger partial charge in [0, 0.05) is 18.4 Å². The first-order valence-corrected chi connectivity index (χ1v) is 6.83. The van der Waals surface area contributed by atoms with E-state index in [2.05, 4.69) is 22.0 Å². The molecular formula is C14H21N5O. The highest BCUT2D eigenvalue weighted by molar-refractivity contribution is 5.40. The lowest BCUT2D eigenvalue weighted by atomic mass is 10.1. The van der Waals surface area contributed by atoms with E-state index in [1.807, 2.05) is 25.5 Å². The Labute approximate surface area is 119 Å². The minimum atomic E-state index is 0.356. The lowest BCUT2D eigenvalue weighted by molar-refractivity contribution is 0.128. The summed E-state index contributed by atoms with van der Waals surface area (Å²) in [4.78, 5) is 8.65. The van der Waals surface area contributed by atoms with Crippen LogP contribution >= 0.6 is 0 Å². The van der Waals surface area contributed by atoms with Gasteiger partial charge >= 0.3 is 0 Å². The first-order valence-electron chi connectivity index (χ1n) is 6.83. The van der Waals surface area contributed by atoms with Crippen molar-refractivity contribution in [3.63, 3.8) is 0 Å². The van der Waals surface area contributed by atoms with Crippen LogP contribution in [0.25, 0.3) is 5.82 Å². The highest BCUT2D eigenvalue weighted by Crippen LogP contribution is 2.18. The standard InChI is InChI=1S/C14H21N5O/c1-5-11-9(3)18-19(10(11)4)14-7-12(15)16-13(17-14)8-20-6-2/h7H,5-6,8H2,1-4H3,(H2,15,16,17). The predicted molar refractivity (Wildman–Crippen MR) is 77.7 cm³/mol. The van der Waals surface area contributed by atoms with Crippen molar-refractivity contribution in [2.24, 2.45) is 0 Å². The van der Waals surface area contributed by atoms with Crippen molar-refractivity contribution >= 4 is 5.82 Å². The molecule has 0 aliphatic heterocycles. The largest absolute Gasteiger partial charge is 0.384 e. The third-order valence-electron chi connectivity index (χ3n) is 3.23. The topological polar surface area (TPSA) is 78.9 Å². The third kappa shape index (κ3) is 2.80. The number of aromatic nitrogens is 4. The van der Waals surface area contributed by atoms with Crippen molar-refractivity contribution in [3.05, 3.63) is 28.8 Å². The van der Waals surface area contributed by atoms with Crippen molar-refractivity contribution in [3.8, 4) is 5.82 Å². The molecule has 0 aromatic carbocycles. The number of anilines is 1. The van der Waals surface area contributed by atoms with Crippen LogP contribution in [0.4, 0.5) is 5.82 Å². The molecule has 2 aromatic rings. The fourth-order valence-corrected chi connectivity index (χ4v) is 2.28. The van der Waals surface area contributed by atoms with Crippen LogP contribution in [0.5, 0.6) is 0 Å². The summed E-state index contributed by atoms with van der Waals surface area (Å²) in [5.41, 5.74) is 9.20. The van der Waals surface area contributed by atoms with Crippen molar-refractivity contribution in [1.29, 1.82) is 0 Å². The van der Waals surface area contributed by atoms with E-state index in [0.29, 0.717) is 30.7 Å². The number of aryl methyl sites for hydroxylation is 1. The zero-order valence-electron chi connectivity index (χ0n) is 12.5. The van der Waals surface area contributed by atoms with Crippen LogP contribution in [0.3, 0.4) is 0 Å². The van der Waals surface area contributed by atoms with Gasteiger partial charge in [0.15, 0.2) is 11.6 Å². The summed E-state index contributed by atoms with van der Waals surface area (Å²) in [5, 5.41) is 4.54. The molecule has 6 nitrogen and oxygen atoms in total. The van der Waals surface area contributed by atoms with Crippen LogP contribution in [0, 0.1) is 13.8 Å². The Morgan fingerprint density at radius 3 is 2.60 bits per heavy atom. The predicted octanol–water partition coefficient (Wildman–Crippen LogP) is 1.96. The molecule has 20 heavy (non-hydrogen) atoms. The summed E-state index contributed by atoms with van der Waals surface area (Å²) in [7, 11) is 0. The monoisotopic (exact) mass is 275 g/mol. The van der Waals surface area contributed by atoms with E-state index >= 15 is 0 Å². The molecule has 0 amide bonds. The van der Waals surface area contributed by atoms with Crippen molar-refractivity contribution in [1.82, 2.24) is 19.7 Å². The lowest BCUT2D eigenvalue weighted by Gasteiger charge is -2.08. The first-order chi connectivity index (χ1) is 9.56. The van der Waals surface area contributed by atoms with E-state index in [0.717, 1.165) is 17.8 Å². The highest BCUT2D eigenvalue weighted by atomic mass is 16.5. The smallest absolute Gasteiger partial charge is 0.159 e. The maximum Gasteiger partial charge on any atom is 0.159 e. The van der Waals surface area contributed by atoms with E-state index < -0.39 is 0 Å². The van der Waals surface area contributed by atoms with E-state index in [9.17, 15) is 0 Å². The van der Waals surface area contributed by atoms with Gasteiger partial charge < -0.3 is 10.5 Å². The molecule has 0 saturated heterocycles. The fraction of sp³-hybridized carbons (Fsp3) is 0.500. The van der Waals surface area contributed by atoms with Crippen molar-refractivity contribution in [2.75, 3.05) is 12.3 Å². The summed E-state index contributed by atoms with van der Waals surface area (Å²) in [6, 6.07) is 1.73. The van der Waals surface area contributed by atoms with Gasteiger partial charge in [-0.3, -0.25) is 0 Å². The first kappa shape index (κ1) is 14.5. The van der Waals surface area contributed by atoms with E-state index in [-0.39, 0.29) is 0 Å². The normalized spacial score (nSPS) is 11.0. The number of nitrogens with zero attached hydrogens (tertiary/aromatic N) is 4. The van der Waals surface area contributed by atoms with E-state index in [1.54, 1.807) is 6.07 Å². The molecule has 0 aliphatic carbocycles. The summed E-state index contributed by atoms with van der Waals surface area (Å²) in [6.45, 7) is 9.08. The van der Waals surface area contributed by atoms with Crippen LogP contribution in [-0.2, 0) is 17.8 Å². The lowest BCUT2D eigenvalue weighted by Crippen LogP contribution is -2.09. The van der Waals surface area contributed by atoms with Crippen molar-refractivity contribution in [2.45, 2.75) is 40.7 Å². The number of nitrogen functional groups attached to an aromatic ring is 1. The minimum Gasteiger partial charge on any atom is -0.384 e. The van der Waals surface area contributed by atoms with Gasteiger partial charge in [-0.1, -0.05) is 6.92 Å². The molecule has 2 aromatic heterocycles. The summed E-state index contributed by atoms with van der Waals surface area (Å²) >= 11 is 0. The Morgan fingerprint density at radius 2 is 2.00 bits per heavy atom. The molecule has 2 rings (SSSR count). The van der Waals surface area contributed by atoms with Gasteiger partial charge in [0.2, 0.25) is 0 Å². The molecule has 0 fully saturated rings. The highest BCUT2D eigenvalue weighted by Gasteiger charge is 2.13.